The zero-order valence-corrected chi connectivity index (χ0v) is 10.7. The van der Waals surface area contributed by atoms with Gasteiger partial charge in [0.15, 0.2) is 0 Å². The van der Waals surface area contributed by atoms with Gasteiger partial charge in [0.25, 0.3) is 0 Å². The minimum atomic E-state index is -0.886. The molecule has 0 aliphatic rings. The number of benzene rings is 1. The molecule has 1 aromatic rings. The van der Waals surface area contributed by atoms with Crippen molar-refractivity contribution < 1.29 is 9.59 Å². The fraction of sp³-hybridized carbons (Fsp3) is 0.385. The van der Waals surface area contributed by atoms with Gasteiger partial charge in [-0.1, -0.05) is 19.9 Å². The molecule has 5 nitrogen and oxygen atoms in total. The maximum Gasteiger partial charge on any atom is 0.248 e. The van der Waals surface area contributed by atoms with Gasteiger partial charge in [0.2, 0.25) is 11.8 Å². The molecule has 0 aliphatic carbocycles. The van der Waals surface area contributed by atoms with Crippen molar-refractivity contribution in [2.45, 2.75) is 32.2 Å². The minimum Gasteiger partial charge on any atom is -0.366 e. The second-order valence-corrected chi connectivity index (χ2v) is 4.26. The Hall–Kier alpha value is -1.88. The first kappa shape index (κ1) is 14.2. The van der Waals surface area contributed by atoms with Gasteiger partial charge >= 0.3 is 0 Å². The Labute approximate surface area is 107 Å². The van der Waals surface area contributed by atoms with E-state index in [-0.39, 0.29) is 5.91 Å². The van der Waals surface area contributed by atoms with E-state index in [1.807, 2.05) is 13.8 Å². The van der Waals surface area contributed by atoms with Gasteiger partial charge in [-0.05, 0) is 31.0 Å². The van der Waals surface area contributed by atoms with E-state index >= 15 is 0 Å². The van der Waals surface area contributed by atoms with Crippen LogP contribution in [0.1, 0.15) is 37.0 Å². The van der Waals surface area contributed by atoms with Gasteiger partial charge in [0.05, 0.1) is 5.54 Å². The molecule has 0 unspecified atom stereocenters. The van der Waals surface area contributed by atoms with E-state index in [1.54, 1.807) is 18.2 Å². The molecule has 1 aromatic carbocycles. The van der Waals surface area contributed by atoms with Crippen LogP contribution in [0.15, 0.2) is 24.3 Å². The number of primary amides is 1. The van der Waals surface area contributed by atoms with Crippen LogP contribution < -0.4 is 16.8 Å². The van der Waals surface area contributed by atoms with Gasteiger partial charge in [0.1, 0.15) is 0 Å². The number of amides is 2. The number of nitrogens with one attached hydrogen (secondary N) is 1. The Balaban J connectivity index is 2.88. The quantitative estimate of drug-likeness (QED) is 0.732. The predicted molar refractivity (Wildman–Crippen MR) is 71.1 cm³/mol. The predicted octanol–water partition coefficient (Wildman–Crippen LogP) is 1.24. The van der Waals surface area contributed by atoms with Crippen molar-refractivity contribution in [2.75, 3.05) is 5.32 Å². The van der Waals surface area contributed by atoms with E-state index in [0.29, 0.717) is 24.1 Å². The summed E-state index contributed by atoms with van der Waals surface area (Å²) in [4.78, 5) is 23.1. The Morgan fingerprint density at radius 1 is 1.28 bits per heavy atom. The molecule has 0 aromatic heterocycles. The number of rotatable bonds is 5. The third kappa shape index (κ3) is 3.07. The van der Waals surface area contributed by atoms with Gasteiger partial charge < -0.3 is 16.8 Å². The van der Waals surface area contributed by atoms with Crippen molar-refractivity contribution in [3.8, 4) is 0 Å². The molecule has 1 rings (SSSR count). The number of carbonyl (C=O) groups excluding carboxylic acids is 2. The molecule has 0 saturated carbocycles. The number of hydrogen-bond donors (Lipinski definition) is 3. The van der Waals surface area contributed by atoms with Crippen molar-refractivity contribution in [3.05, 3.63) is 29.8 Å². The highest BCUT2D eigenvalue weighted by molar-refractivity contribution is 5.99. The lowest BCUT2D eigenvalue weighted by Crippen LogP contribution is -2.50. The van der Waals surface area contributed by atoms with Crippen molar-refractivity contribution in [2.24, 2.45) is 11.5 Å². The highest BCUT2D eigenvalue weighted by Gasteiger charge is 2.29. The van der Waals surface area contributed by atoms with Crippen molar-refractivity contribution in [3.63, 3.8) is 0 Å². The first-order valence-corrected chi connectivity index (χ1v) is 5.93. The lowest BCUT2D eigenvalue weighted by Gasteiger charge is -2.25. The van der Waals surface area contributed by atoms with Gasteiger partial charge in [-0.25, -0.2) is 0 Å². The van der Waals surface area contributed by atoms with Crippen LogP contribution in [0.25, 0.3) is 0 Å². The molecule has 0 saturated heterocycles. The Bertz CT molecular complexity index is 453. The zero-order valence-electron chi connectivity index (χ0n) is 10.7. The summed E-state index contributed by atoms with van der Waals surface area (Å²) >= 11 is 0. The SMILES string of the molecule is CCC(N)(CC)C(=O)Nc1cccc(C(N)=O)c1. The normalized spacial score (nSPS) is 11.1. The summed E-state index contributed by atoms with van der Waals surface area (Å²) in [6.45, 7) is 3.73. The van der Waals surface area contributed by atoms with Crippen LogP contribution in [0, 0.1) is 0 Å². The maximum absolute atomic E-state index is 12.0. The third-order valence-electron chi connectivity index (χ3n) is 3.12. The lowest BCUT2D eigenvalue weighted by atomic mass is 9.93. The summed E-state index contributed by atoms with van der Waals surface area (Å²) in [5.41, 5.74) is 11.1. The largest absolute Gasteiger partial charge is 0.366 e. The summed E-state index contributed by atoms with van der Waals surface area (Å²) < 4.78 is 0. The second-order valence-electron chi connectivity index (χ2n) is 4.26. The molecule has 0 atom stereocenters. The van der Waals surface area contributed by atoms with Crippen LogP contribution in [0.4, 0.5) is 5.69 Å². The van der Waals surface area contributed by atoms with Gasteiger partial charge in [-0.3, -0.25) is 9.59 Å². The number of carbonyl (C=O) groups is 2. The van der Waals surface area contributed by atoms with E-state index in [4.69, 9.17) is 11.5 Å². The van der Waals surface area contributed by atoms with Gasteiger partial charge in [-0.2, -0.15) is 0 Å². The Morgan fingerprint density at radius 3 is 2.39 bits per heavy atom. The third-order valence-corrected chi connectivity index (χ3v) is 3.12. The molecule has 5 N–H and O–H groups in total. The molecular formula is C13H19N3O2. The molecule has 18 heavy (non-hydrogen) atoms. The number of nitrogens with two attached hydrogens (primary N) is 2. The molecule has 0 fully saturated rings. The van der Waals surface area contributed by atoms with Gasteiger partial charge in [-0.15, -0.1) is 0 Å². The Kier molecular flexibility index (Phi) is 4.44. The summed E-state index contributed by atoms with van der Waals surface area (Å²) in [5.74, 6) is -0.787. The fourth-order valence-electron chi connectivity index (χ4n) is 1.58. The maximum atomic E-state index is 12.0. The average molecular weight is 249 g/mol. The Morgan fingerprint density at radius 2 is 1.89 bits per heavy atom. The van der Waals surface area contributed by atoms with Crippen LogP contribution in [0.2, 0.25) is 0 Å². The second kappa shape index (κ2) is 5.64. The molecule has 0 aliphatic heterocycles. The molecule has 98 valence electrons. The first-order chi connectivity index (χ1) is 8.42. The van der Waals surface area contributed by atoms with Crippen molar-refractivity contribution in [1.82, 2.24) is 0 Å². The van der Waals surface area contributed by atoms with Crippen molar-refractivity contribution >= 4 is 17.5 Å². The topological polar surface area (TPSA) is 98.2 Å². The molecule has 0 heterocycles. The molecule has 0 bridgehead atoms. The fourth-order valence-corrected chi connectivity index (χ4v) is 1.58. The molecule has 0 spiro atoms. The van der Waals surface area contributed by atoms with Gasteiger partial charge in [0, 0.05) is 11.3 Å². The lowest BCUT2D eigenvalue weighted by molar-refractivity contribution is -0.121. The van der Waals surface area contributed by atoms with E-state index in [1.165, 1.54) is 6.07 Å². The highest BCUT2D eigenvalue weighted by Crippen LogP contribution is 2.16. The summed E-state index contributed by atoms with van der Waals surface area (Å²) in [7, 11) is 0. The van der Waals surface area contributed by atoms with Crippen LogP contribution in [-0.2, 0) is 4.79 Å². The number of hydrogen-bond acceptors (Lipinski definition) is 3. The highest BCUT2D eigenvalue weighted by atomic mass is 16.2. The number of anilines is 1. The van der Waals surface area contributed by atoms with E-state index in [0.717, 1.165) is 0 Å². The summed E-state index contributed by atoms with van der Waals surface area (Å²) in [5, 5.41) is 2.71. The van der Waals surface area contributed by atoms with Crippen molar-refractivity contribution in [1.29, 1.82) is 0 Å². The molecular weight excluding hydrogens is 230 g/mol. The summed E-state index contributed by atoms with van der Waals surface area (Å²) in [6, 6.07) is 6.47. The average Bonchev–Trinajstić information content (AvgIpc) is 2.38. The van der Waals surface area contributed by atoms with Crippen LogP contribution in [0.3, 0.4) is 0 Å². The standard InChI is InChI=1S/C13H19N3O2/c1-3-13(15,4-2)12(18)16-10-7-5-6-9(8-10)11(14)17/h5-8H,3-4,15H2,1-2H3,(H2,14,17)(H,16,18). The van der Waals surface area contributed by atoms with Crippen LogP contribution in [-0.4, -0.2) is 17.4 Å². The van der Waals surface area contributed by atoms with Crippen LogP contribution in [0.5, 0.6) is 0 Å². The van der Waals surface area contributed by atoms with E-state index in [2.05, 4.69) is 5.32 Å². The zero-order chi connectivity index (χ0) is 13.8. The first-order valence-electron chi connectivity index (χ1n) is 5.93. The van der Waals surface area contributed by atoms with Crippen LogP contribution >= 0.6 is 0 Å². The smallest absolute Gasteiger partial charge is 0.248 e. The monoisotopic (exact) mass is 249 g/mol. The summed E-state index contributed by atoms with van der Waals surface area (Å²) in [6.07, 6.45) is 1.09. The molecule has 0 radical (unpaired) electrons. The van der Waals surface area contributed by atoms with E-state index < -0.39 is 11.4 Å². The molecule has 2 amide bonds. The molecule has 5 heteroatoms. The van der Waals surface area contributed by atoms with E-state index in [9.17, 15) is 9.59 Å². The minimum absolute atomic E-state index is 0.255.